The first-order valence-corrected chi connectivity index (χ1v) is 4.65. The molecule has 1 aliphatic rings. The molecule has 1 aliphatic carbocycles. The summed E-state index contributed by atoms with van der Waals surface area (Å²) < 4.78 is 0. The van der Waals surface area contributed by atoms with E-state index in [2.05, 4.69) is 30.0 Å². The predicted octanol–water partition coefficient (Wildman–Crippen LogP) is 3.63. The fraction of sp³-hybridized carbons (Fsp3) is 0. The van der Waals surface area contributed by atoms with Gasteiger partial charge in [0.2, 0.25) is 0 Å². The summed E-state index contributed by atoms with van der Waals surface area (Å²) in [5.41, 5.74) is 5.45. The molecule has 1 aromatic rings. The summed E-state index contributed by atoms with van der Waals surface area (Å²) in [5, 5.41) is 0. The molecule has 0 spiro atoms. The Morgan fingerprint density at radius 1 is 1.07 bits per heavy atom. The minimum Gasteiger partial charge on any atom is -0.102 e. The Morgan fingerprint density at radius 2 is 1.86 bits per heavy atom. The number of allylic oxidation sites excluding steroid dienone is 4. The maximum atomic E-state index is 3.13. The van der Waals surface area contributed by atoms with Gasteiger partial charge in [-0.05, 0) is 24.3 Å². The zero-order chi connectivity index (χ0) is 9.64. The maximum Gasteiger partial charge on any atom is 0.0613 e. The van der Waals surface area contributed by atoms with Gasteiger partial charge in [-0.25, -0.2) is 0 Å². The van der Waals surface area contributed by atoms with Gasteiger partial charge in [-0.1, -0.05) is 6.08 Å². The lowest BCUT2D eigenvalue weighted by Crippen LogP contribution is -1.66. The van der Waals surface area contributed by atoms with Crippen LogP contribution in [-0.2, 0) is 0 Å². The van der Waals surface area contributed by atoms with Crippen molar-refractivity contribution in [1.29, 1.82) is 0 Å². The van der Waals surface area contributed by atoms with Gasteiger partial charge in [-0.3, -0.25) is 0 Å². The second kappa shape index (κ2) is 4.36. The Kier molecular flexibility index (Phi) is 2.70. The van der Waals surface area contributed by atoms with E-state index in [1.165, 1.54) is 5.56 Å². The van der Waals surface area contributed by atoms with Crippen LogP contribution in [0.2, 0.25) is 0 Å². The molecule has 0 amide bonds. The first-order chi connectivity index (χ1) is 6.95. The van der Waals surface area contributed by atoms with Crippen LogP contribution in [0.15, 0.2) is 72.0 Å². The van der Waals surface area contributed by atoms with E-state index in [9.17, 15) is 0 Å². The molecule has 14 heavy (non-hydrogen) atoms. The summed E-state index contributed by atoms with van der Waals surface area (Å²) in [6.07, 6.45) is 10.1. The number of hydrogen-bond acceptors (Lipinski definition) is 0. The first kappa shape index (κ1) is 8.68. The Hall–Kier alpha value is -1.91. The van der Waals surface area contributed by atoms with Crippen molar-refractivity contribution in [3.8, 4) is 0 Å². The van der Waals surface area contributed by atoms with Gasteiger partial charge >= 0.3 is 0 Å². The van der Waals surface area contributed by atoms with E-state index in [1.807, 2.05) is 42.5 Å². The summed E-state index contributed by atoms with van der Waals surface area (Å²) in [5.74, 6) is 0. The van der Waals surface area contributed by atoms with Crippen LogP contribution in [0.25, 0.3) is 6.08 Å². The second-order valence-electron chi connectivity index (χ2n) is 3.06. The molecule has 1 aromatic carbocycles. The molecule has 0 aromatic heterocycles. The van der Waals surface area contributed by atoms with Crippen molar-refractivity contribution in [3.05, 3.63) is 77.6 Å². The molecule has 0 heteroatoms. The topological polar surface area (TPSA) is 0 Å². The quantitative estimate of drug-likeness (QED) is 0.480. The summed E-state index contributed by atoms with van der Waals surface area (Å²) >= 11 is 0. The van der Waals surface area contributed by atoms with Gasteiger partial charge in [-0.15, -0.1) is 5.73 Å². The molecule has 0 atom stereocenters. The molecule has 0 nitrogen and oxygen atoms in total. The van der Waals surface area contributed by atoms with Crippen molar-refractivity contribution in [2.75, 3.05) is 0 Å². The van der Waals surface area contributed by atoms with Crippen LogP contribution in [0.4, 0.5) is 0 Å². The number of rotatable bonds is 2. The lowest BCUT2D eigenvalue weighted by molar-refractivity contribution is 1.73. The molecule has 0 heterocycles. The highest BCUT2D eigenvalue weighted by Gasteiger charge is 1.92. The van der Waals surface area contributed by atoms with Crippen molar-refractivity contribution >= 4 is 6.08 Å². The molecule has 0 saturated heterocycles. The standard InChI is InChI=1S/C14H11/c1-2-4-8-13(7-3-1)11-12-14-9-5-6-10-14/h1-9,11-12H/q+1/b12-11+. The van der Waals surface area contributed by atoms with Crippen LogP contribution in [0.5, 0.6) is 0 Å². The maximum absolute atomic E-state index is 3.13. The Balaban J connectivity index is 2.19. The smallest absolute Gasteiger partial charge is 0.0613 e. The van der Waals surface area contributed by atoms with Gasteiger partial charge in [0, 0.05) is 36.4 Å². The van der Waals surface area contributed by atoms with E-state index in [1.54, 1.807) is 0 Å². The fourth-order valence-electron chi connectivity index (χ4n) is 1.26. The summed E-state index contributed by atoms with van der Waals surface area (Å²) in [4.78, 5) is 0. The van der Waals surface area contributed by atoms with Crippen LogP contribution in [0.3, 0.4) is 0 Å². The lowest BCUT2D eigenvalue weighted by atomic mass is 10.2. The zero-order valence-electron chi connectivity index (χ0n) is 7.85. The van der Waals surface area contributed by atoms with Gasteiger partial charge in [0.15, 0.2) is 0 Å². The molecule has 0 bridgehead atoms. The average Bonchev–Trinajstić information content (AvgIpc) is 2.58. The third-order valence-corrected chi connectivity index (χ3v) is 1.99. The van der Waals surface area contributed by atoms with E-state index >= 15 is 0 Å². The second-order valence-corrected chi connectivity index (χ2v) is 3.06. The van der Waals surface area contributed by atoms with Crippen LogP contribution < -0.4 is 0 Å². The SMILES string of the molecule is C1=CC=CC=1/C=C/[c+]1cccccc1. The zero-order valence-corrected chi connectivity index (χ0v) is 7.85. The lowest BCUT2D eigenvalue weighted by Gasteiger charge is -1.80. The van der Waals surface area contributed by atoms with E-state index in [0.29, 0.717) is 0 Å². The third kappa shape index (κ3) is 2.29. The highest BCUT2D eigenvalue weighted by molar-refractivity contribution is 5.55. The molecular formula is C14H11+. The van der Waals surface area contributed by atoms with Crippen molar-refractivity contribution in [2.24, 2.45) is 0 Å². The average molecular weight is 179 g/mol. The molecule has 0 radical (unpaired) electrons. The Morgan fingerprint density at radius 3 is 2.50 bits per heavy atom. The van der Waals surface area contributed by atoms with Crippen LogP contribution >= 0.6 is 0 Å². The van der Waals surface area contributed by atoms with Gasteiger partial charge in [0.1, 0.15) is 0 Å². The predicted molar refractivity (Wildman–Crippen MR) is 60.6 cm³/mol. The van der Waals surface area contributed by atoms with E-state index in [-0.39, 0.29) is 0 Å². The van der Waals surface area contributed by atoms with Crippen molar-refractivity contribution in [1.82, 2.24) is 0 Å². The largest absolute Gasteiger partial charge is 0.102 e. The molecule has 66 valence electrons. The molecule has 0 fully saturated rings. The van der Waals surface area contributed by atoms with Gasteiger partial charge < -0.3 is 0 Å². The van der Waals surface area contributed by atoms with Crippen LogP contribution in [0.1, 0.15) is 5.56 Å². The Labute approximate surface area is 84.2 Å². The van der Waals surface area contributed by atoms with Gasteiger partial charge in [0.05, 0.1) is 11.1 Å². The molecule has 0 N–H and O–H groups in total. The molecule has 0 unspecified atom stereocenters. The summed E-state index contributed by atoms with van der Waals surface area (Å²) in [7, 11) is 0. The first-order valence-electron chi connectivity index (χ1n) is 4.65. The molecular weight excluding hydrogens is 168 g/mol. The van der Waals surface area contributed by atoms with Crippen LogP contribution in [-0.4, -0.2) is 0 Å². The number of hydrogen-bond donors (Lipinski definition) is 0. The van der Waals surface area contributed by atoms with E-state index in [4.69, 9.17) is 0 Å². The van der Waals surface area contributed by atoms with Crippen molar-refractivity contribution < 1.29 is 0 Å². The minimum absolute atomic E-state index is 1.12. The molecule has 0 aliphatic heterocycles. The molecule has 0 saturated carbocycles. The normalized spacial score (nSPS) is 13.6. The highest BCUT2D eigenvalue weighted by Crippen LogP contribution is 2.07. The van der Waals surface area contributed by atoms with Gasteiger partial charge in [-0.2, -0.15) is 0 Å². The highest BCUT2D eigenvalue weighted by atomic mass is 13.9. The monoisotopic (exact) mass is 179 g/mol. The Bertz CT molecular complexity index is 428. The third-order valence-electron chi connectivity index (χ3n) is 1.99. The van der Waals surface area contributed by atoms with E-state index in [0.717, 1.165) is 5.57 Å². The van der Waals surface area contributed by atoms with Crippen LogP contribution in [0, 0.1) is 0 Å². The van der Waals surface area contributed by atoms with E-state index < -0.39 is 0 Å². The summed E-state index contributed by atoms with van der Waals surface area (Å²) in [6.45, 7) is 0. The van der Waals surface area contributed by atoms with Gasteiger partial charge in [0.25, 0.3) is 0 Å². The summed E-state index contributed by atoms with van der Waals surface area (Å²) in [6, 6.07) is 12.3. The minimum atomic E-state index is 1.12. The molecule has 2 rings (SSSR count). The van der Waals surface area contributed by atoms with Crippen molar-refractivity contribution in [3.63, 3.8) is 0 Å². The van der Waals surface area contributed by atoms with Crippen molar-refractivity contribution in [2.45, 2.75) is 0 Å². The fourth-order valence-corrected chi connectivity index (χ4v) is 1.26.